The molecule has 1 aliphatic heterocycles. The quantitative estimate of drug-likeness (QED) is 0.628. The first-order valence-corrected chi connectivity index (χ1v) is 6.39. The van der Waals surface area contributed by atoms with Crippen LogP contribution in [0, 0.1) is 5.41 Å². The van der Waals surface area contributed by atoms with E-state index in [9.17, 15) is 15.3 Å². The van der Waals surface area contributed by atoms with Crippen LogP contribution >= 0.6 is 12.2 Å². The van der Waals surface area contributed by atoms with Crippen molar-refractivity contribution < 1.29 is 24.8 Å². The Morgan fingerprint density at radius 1 is 1.28 bits per heavy atom. The van der Waals surface area contributed by atoms with Crippen LogP contribution in [-0.2, 0) is 9.47 Å². The molecule has 1 unspecified atom stereocenters. The molecular formula is C12H22O5S. The van der Waals surface area contributed by atoms with Gasteiger partial charge in [0.15, 0.2) is 11.2 Å². The van der Waals surface area contributed by atoms with Crippen LogP contribution in [-0.4, -0.2) is 57.5 Å². The topological polar surface area (TPSA) is 79.2 Å². The fraction of sp³-hybridized carbons (Fsp3) is 0.917. The average molecular weight is 278 g/mol. The highest BCUT2D eigenvalue weighted by Gasteiger charge is 2.49. The first-order valence-electron chi connectivity index (χ1n) is 5.98. The Morgan fingerprint density at radius 3 is 2.22 bits per heavy atom. The zero-order valence-electron chi connectivity index (χ0n) is 11.2. The van der Waals surface area contributed by atoms with Gasteiger partial charge >= 0.3 is 0 Å². The zero-order valence-corrected chi connectivity index (χ0v) is 12.0. The number of thiocarbonyl (C=S) groups is 1. The largest absolute Gasteiger partial charge is 0.479 e. The monoisotopic (exact) mass is 278 g/mol. The summed E-state index contributed by atoms with van der Waals surface area (Å²) in [6, 6.07) is 0. The Morgan fingerprint density at radius 2 is 1.83 bits per heavy atom. The molecule has 3 N–H and O–H groups in total. The molecule has 0 bridgehead atoms. The van der Waals surface area contributed by atoms with E-state index in [4.69, 9.17) is 21.7 Å². The third kappa shape index (κ3) is 3.39. The summed E-state index contributed by atoms with van der Waals surface area (Å²) >= 11 is 4.84. The van der Waals surface area contributed by atoms with Crippen LogP contribution in [0.25, 0.3) is 0 Å². The van der Waals surface area contributed by atoms with Crippen LogP contribution in [0.15, 0.2) is 0 Å². The average Bonchev–Trinajstić information content (AvgIpc) is 2.22. The summed E-state index contributed by atoms with van der Waals surface area (Å²) in [6.45, 7) is 6.97. The molecule has 0 aromatic rings. The molecule has 0 aromatic carbocycles. The van der Waals surface area contributed by atoms with E-state index in [-0.39, 0.29) is 17.1 Å². The molecular weight excluding hydrogens is 256 g/mol. The van der Waals surface area contributed by atoms with Crippen molar-refractivity contribution in [2.45, 2.75) is 58.2 Å². The van der Waals surface area contributed by atoms with Gasteiger partial charge < -0.3 is 24.8 Å². The van der Waals surface area contributed by atoms with Crippen molar-refractivity contribution in [1.29, 1.82) is 0 Å². The lowest BCUT2D eigenvalue weighted by molar-refractivity contribution is -0.246. The van der Waals surface area contributed by atoms with Crippen LogP contribution in [0.1, 0.15) is 27.7 Å². The minimum atomic E-state index is -1.11. The number of hydrogen-bond donors (Lipinski definition) is 3. The molecule has 0 spiro atoms. The van der Waals surface area contributed by atoms with Gasteiger partial charge in [-0.25, -0.2) is 0 Å². The second-order valence-electron chi connectivity index (χ2n) is 5.70. The van der Waals surface area contributed by atoms with Crippen molar-refractivity contribution in [3.8, 4) is 0 Å². The SMILES string of the molecule is CC(=S)O[C@H]1[C@H](O)[C@@H](CO)OC(C(C)(C)C)[C@H]1O. The lowest BCUT2D eigenvalue weighted by atomic mass is 9.80. The molecule has 0 radical (unpaired) electrons. The van der Waals surface area contributed by atoms with E-state index in [2.05, 4.69) is 0 Å². The van der Waals surface area contributed by atoms with Gasteiger partial charge in [-0.1, -0.05) is 20.8 Å². The Labute approximate surface area is 113 Å². The maximum Gasteiger partial charge on any atom is 0.157 e. The highest BCUT2D eigenvalue weighted by Crippen LogP contribution is 2.34. The van der Waals surface area contributed by atoms with Crippen molar-refractivity contribution in [2.24, 2.45) is 5.41 Å². The highest BCUT2D eigenvalue weighted by molar-refractivity contribution is 7.80. The van der Waals surface area contributed by atoms with Gasteiger partial charge in [-0.3, -0.25) is 0 Å². The molecule has 0 aromatic heterocycles. The van der Waals surface area contributed by atoms with Crippen LogP contribution in [0.2, 0.25) is 0 Å². The fourth-order valence-corrected chi connectivity index (χ4v) is 2.24. The molecule has 1 fully saturated rings. The molecule has 0 amide bonds. The molecule has 6 heteroatoms. The molecule has 1 aliphatic rings. The molecule has 1 saturated heterocycles. The minimum Gasteiger partial charge on any atom is -0.479 e. The summed E-state index contributed by atoms with van der Waals surface area (Å²) in [7, 11) is 0. The summed E-state index contributed by atoms with van der Waals surface area (Å²) in [5.41, 5.74) is -0.343. The van der Waals surface area contributed by atoms with Crippen molar-refractivity contribution in [3.05, 3.63) is 0 Å². The van der Waals surface area contributed by atoms with Crippen LogP contribution in [0.4, 0.5) is 0 Å². The first kappa shape index (κ1) is 15.8. The van der Waals surface area contributed by atoms with Crippen LogP contribution in [0.3, 0.4) is 0 Å². The smallest absolute Gasteiger partial charge is 0.157 e. The van der Waals surface area contributed by atoms with E-state index in [0.29, 0.717) is 0 Å². The molecule has 0 saturated carbocycles. The van der Waals surface area contributed by atoms with Crippen molar-refractivity contribution in [2.75, 3.05) is 6.61 Å². The number of aliphatic hydroxyl groups is 3. The zero-order chi connectivity index (χ0) is 14.1. The minimum absolute atomic E-state index is 0.240. The van der Waals surface area contributed by atoms with Crippen molar-refractivity contribution in [1.82, 2.24) is 0 Å². The van der Waals surface area contributed by atoms with E-state index in [1.807, 2.05) is 20.8 Å². The van der Waals surface area contributed by atoms with Gasteiger partial charge in [0.05, 0.1) is 12.7 Å². The van der Waals surface area contributed by atoms with Gasteiger partial charge in [-0.15, -0.1) is 0 Å². The van der Waals surface area contributed by atoms with Gasteiger partial charge in [-0.2, -0.15) is 0 Å². The van der Waals surface area contributed by atoms with Gasteiger partial charge in [-0.05, 0) is 17.6 Å². The summed E-state index contributed by atoms with van der Waals surface area (Å²) in [5.74, 6) is 0. The van der Waals surface area contributed by atoms with Crippen molar-refractivity contribution >= 4 is 17.3 Å². The van der Waals surface area contributed by atoms with Gasteiger partial charge in [0.25, 0.3) is 0 Å². The van der Waals surface area contributed by atoms with Gasteiger partial charge in [0, 0.05) is 6.92 Å². The fourth-order valence-electron chi connectivity index (χ4n) is 2.13. The molecule has 1 heterocycles. The van der Waals surface area contributed by atoms with Crippen LogP contribution in [0.5, 0.6) is 0 Å². The summed E-state index contributed by atoms with van der Waals surface area (Å²) in [6.07, 6.45) is -4.31. The molecule has 5 atom stereocenters. The second kappa shape index (κ2) is 5.79. The lowest BCUT2D eigenvalue weighted by Gasteiger charge is -2.46. The van der Waals surface area contributed by atoms with E-state index >= 15 is 0 Å². The van der Waals surface area contributed by atoms with E-state index in [1.165, 1.54) is 0 Å². The molecule has 1 rings (SSSR count). The number of aliphatic hydroxyl groups excluding tert-OH is 3. The van der Waals surface area contributed by atoms with E-state index in [1.54, 1.807) is 6.92 Å². The Hall–Kier alpha value is -0.270. The molecule has 106 valence electrons. The molecule has 18 heavy (non-hydrogen) atoms. The first-order chi connectivity index (χ1) is 8.18. The van der Waals surface area contributed by atoms with Crippen LogP contribution < -0.4 is 0 Å². The van der Waals surface area contributed by atoms with Crippen molar-refractivity contribution in [3.63, 3.8) is 0 Å². The lowest BCUT2D eigenvalue weighted by Crippen LogP contribution is -2.62. The second-order valence-corrected chi connectivity index (χ2v) is 6.27. The number of rotatable bonds is 2. The summed E-state index contributed by atoms with van der Waals surface area (Å²) in [5, 5.41) is 29.7. The third-order valence-corrected chi connectivity index (χ3v) is 3.12. The Kier molecular flexibility index (Phi) is 5.08. The number of ether oxygens (including phenoxy) is 2. The molecule has 5 nitrogen and oxygen atoms in total. The van der Waals surface area contributed by atoms with Gasteiger partial charge in [0.2, 0.25) is 0 Å². The van der Waals surface area contributed by atoms with Gasteiger partial charge in [0.1, 0.15) is 18.3 Å². The number of hydrogen-bond acceptors (Lipinski definition) is 6. The predicted octanol–water partition coefficient (Wildman–Crippen LogP) is 0.246. The van der Waals surface area contributed by atoms with E-state index < -0.39 is 30.5 Å². The Bertz CT molecular complexity index is 301. The normalized spacial score (nSPS) is 37.4. The summed E-state index contributed by atoms with van der Waals surface area (Å²) < 4.78 is 10.9. The summed E-state index contributed by atoms with van der Waals surface area (Å²) in [4.78, 5) is 0. The predicted molar refractivity (Wildman–Crippen MR) is 70.4 cm³/mol. The van der Waals surface area contributed by atoms with E-state index in [0.717, 1.165) is 0 Å². The molecule has 0 aliphatic carbocycles. The maximum absolute atomic E-state index is 10.2. The Balaban J connectivity index is 2.95. The third-order valence-electron chi connectivity index (χ3n) is 3.02. The maximum atomic E-state index is 10.2. The highest BCUT2D eigenvalue weighted by atomic mass is 32.1. The standard InChI is InChI=1S/C12H22O5S/c1-6(18)16-10-8(14)7(5-13)17-11(9(10)15)12(2,3)4/h7-11,13-15H,5H2,1-4H3/t7-,8-,9+,10+,11?/m1/s1.